The number of carbonyl (C=O) groups is 1. The number of anilines is 1. The number of ether oxygens (including phenoxy) is 3. The predicted molar refractivity (Wildman–Crippen MR) is 127 cm³/mol. The molecule has 1 amide bonds. The van der Waals surface area contributed by atoms with E-state index in [9.17, 15) is 4.79 Å². The van der Waals surface area contributed by atoms with Crippen molar-refractivity contribution in [2.24, 2.45) is 0 Å². The first-order chi connectivity index (χ1) is 16.0. The maximum absolute atomic E-state index is 12.8. The molecule has 2 aromatic carbocycles. The van der Waals surface area contributed by atoms with Gasteiger partial charge in [0.2, 0.25) is 11.7 Å². The predicted octanol–water partition coefficient (Wildman–Crippen LogP) is 3.79. The van der Waals surface area contributed by atoms with Gasteiger partial charge in [0.1, 0.15) is 0 Å². The molecule has 1 fully saturated rings. The Balaban J connectivity index is 1.52. The lowest BCUT2D eigenvalue weighted by Crippen LogP contribution is -2.49. The van der Waals surface area contributed by atoms with Crippen molar-refractivity contribution in [1.82, 2.24) is 14.9 Å². The number of piperazine rings is 1. The molecular formula is C24H25ClN4O4. The summed E-state index contributed by atoms with van der Waals surface area (Å²) in [6.07, 6.45) is 1.72. The highest BCUT2D eigenvalue weighted by Gasteiger charge is 2.25. The maximum Gasteiger partial charge on any atom is 0.255 e. The van der Waals surface area contributed by atoms with Gasteiger partial charge in [-0.25, -0.2) is 9.97 Å². The number of methoxy groups -OCH3 is 3. The SMILES string of the molecule is COc1cc(-c2ccnc(N3CCN(C(=O)c4ccccc4Cl)CC3)n2)cc(OC)c1OC. The zero-order chi connectivity index (χ0) is 23.4. The first-order valence-electron chi connectivity index (χ1n) is 10.5. The second-order valence-corrected chi connectivity index (χ2v) is 7.82. The van der Waals surface area contributed by atoms with Crippen molar-refractivity contribution in [1.29, 1.82) is 0 Å². The van der Waals surface area contributed by atoms with Gasteiger partial charge in [0.15, 0.2) is 11.5 Å². The third kappa shape index (κ3) is 4.66. The number of hydrogen-bond acceptors (Lipinski definition) is 7. The molecule has 0 saturated carbocycles. The minimum absolute atomic E-state index is 0.0626. The number of benzene rings is 2. The summed E-state index contributed by atoms with van der Waals surface area (Å²) in [5, 5.41) is 0.464. The van der Waals surface area contributed by atoms with E-state index in [1.54, 1.807) is 44.6 Å². The first kappa shape index (κ1) is 22.7. The summed E-state index contributed by atoms with van der Waals surface area (Å²) in [4.78, 5) is 25.9. The molecule has 4 rings (SSSR count). The third-order valence-corrected chi connectivity index (χ3v) is 5.89. The van der Waals surface area contributed by atoms with E-state index in [-0.39, 0.29) is 5.91 Å². The number of amides is 1. The van der Waals surface area contributed by atoms with E-state index < -0.39 is 0 Å². The lowest BCUT2D eigenvalue weighted by atomic mass is 10.1. The molecule has 3 aromatic rings. The number of carbonyl (C=O) groups excluding carboxylic acids is 1. The summed E-state index contributed by atoms with van der Waals surface area (Å²) in [7, 11) is 4.73. The quantitative estimate of drug-likeness (QED) is 0.544. The van der Waals surface area contributed by atoms with Gasteiger partial charge in [-0.2, -0.15) is 0 Å². The van der Waals surface area contributed by atoms with Crippen molar-refractivity contribution in [3.8, 4) is 28.5 Å². The molecule has 0 radical (unpaired) electrons. The molecule has 8 nitrogen and oxygen atoms in total. The van der Waals surface area contributed by atoms with E-state index >= 15 is 0 Å². The summed E-state index contributed by atoms with van der Waals surface area (Å²) in [6.45, 7) is 2.35. The van der Waals surface area contributed by atoms with Crippen molar-refractivity contribution >= 4 is 23.5 Å². The van der Waals surface area contributed by atoms with Crippen LogP contribution in [0.1, 0.15) is 10.4 Å². The van der Waals surface area contributed by atoms with Gasteiger partial charge in [0.25, 0.3) is 5.91 Å². The summed E-state index contributed by atoms with van der Waals surface area (Å²) in [5.41, 5.74) is 2.07. The second-order valence-electron chi connectivity index (χ2n) is 7.41. The van der Waals surface area contributed by atoms with Crippen molar-refractivity contribution < 1.29 is 19.0 Å². The van der Waals surface area contributed by atoms with Gasteiger partial charge in [0, 0.05) is 37.9 Å². The molecule has 0 spiro atoms. The Hall–Kier alpha value is -3.52. The minimum Gasteiger partial charge on any atom is -0.493 e. The van der Waals surface area contributed by atoms with E-state index in [1.165, 1.54) is 0 Å². The van der Waals surface area contributed by atoms with Crippen LogP contribution < -0.4 is 19.1 Å². The molecule has 0 atom stereocenters. The normalized spacial score (nSPS) is 13.6. The van der Waals surface area contributed by atoms with E-state index in [1.807, 2.05) is 30.3 Å². The average Bonchev–Trinajstić information content (AvgIpc) is 2.87. The Morgan fingerprint density at radius 3 is 2.21 bits per heavy atom. The summed E-state index contributed by atoms with van der Waals surface area (Å²) in [5.74, 6) is 2.17. The fraction of sp³-hybridized carbons (Fsp3) is 0.292. The Labute approximate surface area is 197 Å². The van der Waals surface area contributed by atoms with Crippen molar-refractivity contribution in [2.45, 2.75) is 0 Å². The number of halogens is 1. The second kappa shape index (κ2) is 9.95. The minimum atomic E-state index is -0.0626. The standard InChI is InChI=1S/C24H25ClN4O4/c1-31-20-14-16(15-21(32-2)22(20)33-3)19-8-9-26-24(27-19)29-12-10-28(11-13-29)23(30)17-6-4-5-7-18(17)25/h4-9,14-15H,10-13H2,1-3H3. The van der Waals surface area contributed by atoms with Crippen LogP contribution in [0, 0.1) is 0 Å². The van der Waals surface area contributed by atoms with Crippen LogP contribution in [0.4, 0.5) is 5.95 Å². The maximum atomic E-state index is 12.8. The smallest absolute Gasteiger partial charge is 0.255 e. The number of nitrogens with zero attached hydrogens (tertiary/aromatic N) is 4. The Kier molecular flexibility index (Phi) is 6.84. The topological polar surface area (TPSA) is 77.0 Å². The van der Waals surface area contributed by atoms with Crippen molar-refractivity contribution in [3.05, 3.63) is 59.2 Å². The first-order valence-corrected chi connectivity index (χ1v) is 10.9. The fourth-order valence-corrected chi connectivity index (χ4v) is 4.02. The highest BCUT2D eigenvalue weighted by molar-refractivity contribution is 6.33. The molecule has 0 N–H and O–H groups in total. The van der Waals surface area contributed by atoms with E-state index in [0.29, 0.717) is 60.0 Å². The van der Waals surface area contributed by atoms with E-state index in [2.05, 4.69) is 9.88 Å². The number of aromatic nitrogens is 2. The van der Waals surface area contributed by atoms with Crippen LogP contribution in [0.25, 0.3) is 11.3 Å². The molecule has 1 aliphatic rings. The molecule has 0 aliphatic carbocycles. The van der Waals surface area contributed by atoms with Crippen molar-refractivity contribution in [3.63, 3.8) is 0 Å². The molecule has 33 heavy (non-hydrogen) atoms. The summed E-state index contributed by atoms with van der Waals surface area (Å²) < 4.78 is 16.3. The molecule has 1 aliphatic heterocycles. The van der Waals surface area contributed by atoms with E-state index in [0.717, 1.165) is 11.3 Å². The van der Waals surface area contributed by atoms with Gasteiger partial charge in [-0.3, -0.25) is 4.79 Å². The van der Waals surface area contributed by atoms with Gasteiger partial charge < -0.3 is 24.0 Å². The zero-order valence-electron chi connectivity index (χ0n) is 18.7. The van der Waals surface area contributed by atoms with Crippen LogP contribution in [0.15, 0.2) is 48.7 Å². The van der Waals surface area contributed by atoms with Crippen LogP contribution >= 0.6 is 11.6 Å². The van der Waals surface area contributed by atoms with Crippen LogP contribution in [0.2, 0.25) is 5.02 Å². The highest BCUT2D eigenvalue weighted by Crippen LogP contribution is 2.40. The average molecular weight is 469 g/mol. The third-order valence-electron chi connectivity index (χ3n) is 5.56. The van der Waals surface area contributed by atoms with Crippen LogP contribution in [0.5, 0.6) is 17.2 Å². The van der Waals surface area contributed by atoms with Crippen LogP contribution in [-0.2, 0) is 0 Å². The molecule has 2 heterocycles. The lowest BCUT2D eigenvalue weighted by Gasteiger charge is -2.35. The van der Waals surface area contributed by atoms with Crippen molar-refractivity contribution in [2.75, 3.05) is 52.4 Å². The molecule has 1 saturated heterocycles. The van der Waals surface area contributed by atoms with Gasteiger partial charge in [-0.05, 0) is 30.3 Å². The monoisotopic (exact) mass is 468 g/mol. The van der Waals surface area contributed by atoms with Gasteiger partial charge in [-0.1, -0.05) is 23.7 Å². The Morgan fingerprint density at radius 1 is 0.939 bits per heavy atom. The fourth-order valence-electron chi connectivity index (χ4n) is 3.81. The summed E-state index contributed by atoms with van der Waals surface area (Å²) in [6, 6.07) is 12.7. The largest absolute Gasteiger partial charge is 0.493 e. The molecule has 1 aromatic heterocycles. The molecule has 0 unspecified atom stereocenters. The van der Waals surface area contributed by atoms with Crippen LogP contribution in [-0.4, -0.2) is 68.3 Å². The number of hydrogen-bond donors (Lipinski definition) is 0. The summed E-state index contributed by atoms with van der Waals surface area (Å²) >= 11 is 6.20. The highest BCUT2D eigenvalue weighted by atomic mass is 35.5. The van der Waals surface area contributed by atoms with Gasteiger partial charge in [0.05, 0.1) is 37.6 Å². The molecule has 9 heteroatoms. The number of rotatable bonds is 6. The van der Waals surface area contributed by atoms with Crippen LogP contribution in [0.3, 0.4) is 0 Å². The van der Waals surface area contributed by atoms with E-state index in [4.69, 9.17) is 30.8 Å². The molecule has 0 bridgehead atoms. The Bertz CT molecular complexity index is 1120. The molecular weight excluding hydrogens is 444 g/mol. The molecule has 172 valence electrons. The van der Waals surface area contributed by atoms with Gasteiger partial charge >= 0.3 is 0 Å². The zero-order valence-corrected chi connectivity index (χ0v) is 19.5. The van der Waals surface area contributed by atoms with Gasteiger partial charge in [-0.15, -0.1) is 0 Å². The lowest BCUT2D eigenvalue weighted by molar-refractivity contribution is 0.0746. The Morgan fingerprint density at radius 2 is 1.61 bits per heavy atom.